The molecule has 2 aromatic rings. The highest BCUT2D eigenvalue weighted by Crippen LogP contribution is 2.25. The van der Waals surface area contributed by atoms with Crippen LogP contribution >= 0.6 is 0 Å². The molecule has 0 saturated heterocycles. The molecule has 0 amide bonds. The maximum Gasteiger partial charge on any atom is 0.194 e. The Morgan fingerprint density at radius 1 is 1.29 bits per heavy atom. The summed E-state index contributed by atoms with van der Waals surface area (Å²) in [5.41, 5.74) is 1.87. The van der Waals surface area contributed by atoms with E-state index >= 15 is 0 Å². The third kappa shape index (κ3) is 4.67. The Hall–Kier alpha value is -1.68. The Labute approximate surface area is 125 Å². The van der Waals surface area contributed by atoms with Gasteiger partial charge in [-0.05, 0) is 58.4 Å². The second kappa shape index (κ2) is 6.39. The monoisotopic (exact) mass is 290 g/mol. The second-order valence-corrected chi connectivity index (χ2v) is 6.36. The van der Waals surface area contributed by atoms with Crippen LogP contribution < -0.4 is 5.32 Å². The van der Waals surface area contributed by atoms with Gasteiger partial charge in [-0.3, -0.25) is 0 Å². The molecule has 0 aliphatic carbocycles. The first-order valence-electron chi connectivity index (χ1n) is 7.31. The zero-order valence-electron chi connectivity index (χ0n) is 13.2. The molecule has 1 heterocycles. The first kappa shape index (κ1) is 15.7. The first-order chi connectivity index (χ1) is 9.85. The van der Waals surface area contributed by atoms with Crippen molar-refractivity contribution in [3.63, 3.8) is 0 Å². The maximum absolute atomic E-state index is 13.3. The van der Waals surface area contributed by atoms with Crippen LogP contribution in [0.25, 0.3) is 11.3 Å². The second-order valence-electron chi connectivity index (χ2n) is 6.36. The summed E-state index contributed by atoms with van der Waals surface area (Å²) in [6.07, 6.45) is 3.41. The third-order valence-electron chi connectivity index (χ3n) is 3.24. The molecule has 1 N–H and O–H groups in total. The van der Waals surface area contributed by atoms with Gasteiger partial charge in [0.2, 0.25) is 0 Å². The number of hydrogen-bond donors (Lipinski definition) is 1. The summed E-state index contributed by atoms with van der Waals surface area (Å²) in [6, 6.07) is 4.69. The smallest absolute Gasteiger partial charge is 0.194 e. The molecule has 3 nitrogen and oxygen atoms in total. The van der Waals surface area contributed by atoms with Crippen LogP contribution in [0, 0.1) is 12.7 Å². The molecule has 0 bridgehead atoms. The Morgan fingerprint density at radius 3 is 2.76 bits per heavy atom. The number of rotatable bonds is 5. The third-order valence-corrected chi connectivity index (χ3v) is 3.24. The van der Waals surface area contributed by atoms with Crippen molar-refractivity contribution >= 4 is 0 Å². The Kier molecular flexibility index (Phi) is 4.78. The van der Waals surface area contributed by atoms with E-state index in [1.165, 1.54) is 12.1 Å². The normalized spacial score (nSPS) is 11.9. The van der Waals surface area contributed by atoms with E-state index in [-0.39, 0.29) is 11.4 Å². The van der Waals surface area contributed by atoms with E-state index in [0.29, 0.717) is 11.7 Å². The van der Waals surface area contributed by atoms with Crippen molar-refractivity contribution in [1.82, 2.24) is 10.3 Å². The zero-order valence-corrected chi connectivity index (χ0v) is 13.2. The fourth-order valence-corrected chi connectivity index (χ4v) is 2.11. The number of benzene rings is 1. The molecule has 0 aliphatic heterocycles. The highest BCUT2D eigenvalue weighted by Gasteiger charge is 2.11. The quantitative estimate of drug-likeness (QED) is 0.842. The van der Waals surface area contributed by atoms with E-state index in [1.807, 2.05) is 6.92 Å². The number of nitrogens with one attached hydrogen (secondary N) is 1. The summed E-state index contributed by atoms with van der Waals surface area (Å²) in [7, 11) is 0. The van der Waals surface area contributed by atoms with E-state index in [1.54, 1.807) is 12.3 Å². The van der Waals surface area contributed by atoms with Crippen molar-refractivity contribution in [2.24, 2.45) is 0 Å². The van der Waals surface area contributed by atoms with Crippen molar-refractivity contribution in [3.05, 3.63) is 41.7 Å². The number of aryl methyl sites for hydroxylation is 2. The molecule has 0 aliphatic rings. The average molecular weight is 290 g/mol. The predicted octanol–water partition coefficient (Wildman–Crippen LogP) is 4.11. The minimum Gasteiger partial charge on any atom is -0.441 e. The van der Waals surface area contributed by atoms with Gasteiger partial charge in [0, 0.05) is 17.5 Å². The van der Waals surface area contributed by atoms with Gasteiger partial charge in [0.1, 0.15) is 5.82 Å². The topological polar surface area (TPSA) is 38.1 Å². The number of hydrogen-bond acceptors (Lipinski definition) is 3. The summed E-state index contributed by atoms with van der Waals surface area (Å²) in [5, 5.41) is 3.43. The van der Waals surface area contributed by atoms with Crippen molar-refractivity contribution in [2.45, 2.75) is 46.1 Å². The van der Waals surface area contributed by atoms with Gasteiger partial charge in [0.05, 0.1) is 6.20 Å². The molecule has 0 spiro atoms. The summed E-state index contributed by atoms with van der Waals surface area (Å²) in [6.45, 7) is 9.28. The predicted molar refractivity (Wildman–Crippen MR) is 82.7 cm³/mol. The van der Waals surface area contributed by atoms with Crippen LogP contribution in [-0.4, -0.2) is 17.1 Å². The van der Waals surface area contributed by atoms with Crippen molar-refractivity contribution in [1.29, 1.82) is 0 Å². The molecule has 0 saturated carbocycles. The number of nitrogens with zero attached hydrogens (tertiary/aromatic N) is 1. The van der Waals surface area contributed by atoms with Gasteiger partial charge in [0.25, 0.3) is 0 Å². The summed E-state index contributed by atoms with van der Waals surface area (Å²) >= 11 is 0. The van der Waals surface area contributed by atoms with Crippen molar-refractivity contribution in [2.75, 3.05) is 6.54 Å². The molecular formula is C17H23FN2O. The fourth-order valence-electron chi connectivity index (χ4n) is 2.11. The zero-order chi connectivity index (χ0) is 15.5. The van der Waals surface area contributed by atoms with Crippen LogP contribution in [0.2, 0.25) is 0 Å². The van der Waals surface area contributed by atoms with Gasteiger partial charge >= 0.3 is 0 Å². The van der Waals surface area contributed by atoms with Gasteiger partial charge in [0.15, 0.2) is 11.7 Å². The van der Waals surface area contributed by atoms with E-state index in [4.69, 9.17) is 4.42 Å². The van der Waals surface area contributed by atoms with Crippen molar-refractivity contribution < 1.29 is 8.81 Å². The van der Waals surface area contributed by atoms with E-state index in [9.17, 15) is 4.39 Å². The van der Waals surface area contributed by atoms with Crippen LogP contribution in [0.1, 0.15) is 38.6 Å². The molecule has 0 fully saturated rings. The highest BCUT2D eigenvalue weighted by atomic mass is 19.1. The molecule has 0 radical (unpaired) electrons. The largest absolute Gasteiger partial charge is 0.441 e. The molecule has 21 heavy (non-hydrogen) atoms. The lowest BCUT2D eigenvalue weighted by molar-refractivity contribution is 0.412. The Balaban J connectivity index is 1.97. The van der Waals surface area contributed by atoms with Gasteiger partial charge in [-0.1, -0.05) is 6.07 Å². The molecule has 1 aromatic heterocycles. The van der Waals surface area contributed by atoms with Gasteiger partial charge in [-0.25, -0.2) is 9.37 Å². The molecule has 2 rings (SSSR count). The highest BCUT2D eigenvalue weighted by molar-refractivity contribution is 5.61. The summed E-state index contributed by atoms with van der Waals surface area (Å²) < 4.78 is 19.1. The SMILES string of the molecule is Cc1ccc(F)cc1-c1cnc(CCCNC(C)(C)C)o1. The van der Waals surface area contributed by atoms with Crippen LogP contribution in [0.3, 0.4) is 0 Å². The van der Waals surface area contributed by atoms with Gasteiger partial charge in [-0.15, -0.1) is 0 Å². The Bertz CT molecular complexity index is 599. The molecule has 114 valence electrons. The molecule has 0 unspecified atom stereocenters. The van der Waals surface area contributed by atoms with Gasteiger partial charge < -0.3 is 9.73 Å². The number of halogens is 1. The minimum atomic E-state index is -0.261. The molecule has 0 atom stereocenters. The summed E-state index contributed by atoms with van der Waals surface area (Å²) in [5.74, 6) is 1.07. The van der Waals surface area contributed by atoms with Crippen molar-refractivity contribution in [3.8, 4) is 11.3 Å². The lowest BCUT2D eigenvalue weighted by atomic mass is 10.1. The van der Waals surface area contributed by atoms with Crippen LogP contribution in [0.4, 0.5) is 4.39 Å². The van der Waals surface area contributed by atoms with Crippen LogP contribution in [0.15, 0.2) is 28.8 Å². The van der Waals surface area contributed by atoms with Crippen LogP contribution in [0.5, 0.6) is 0 Å². The lowest BCUT2D eigenvalue weighted by Crippen LogP contribution is -2.36. The Morgan fingerprint density at radius 2 is 2.05 bits per heavy atom. The molecule has 1 aromatic carbocycles. The van der Waals surface area contributed by atoms with E-state index in [2.05, 4.69) is 31.1 Å². The lowest BCUT2D eigenvalue weighted by Gasteiger charge is -2.20. The molecular weight excluding hydrogens is 267 g/mol. The summed E-state index contributed by atoms with van der Waals surface area (Å²) in [4.78, 5) is 4.28. The first-order valence-corrected chi connectivity index (χ1v) is 7.31. The number of aromatic nitrogens is 1. The molecule has 4 heteroatoms. The van der Waals surface area contributed by atoms with Crippen LogP contribution in [-0.2, 0) is 6.42 Å². The van der Waals surface area contributed by atoms with E-state index < -0.39 is 0 Å². The van der Waals surface area contributed by atoms with Gasteiger partial charge in [-0.2, -0.15) is 0 Å². The maximum atomic E-state index is 13.3. The minimum absolute atomic E-state index is 0.125. The standard InChI is InChI=1S/C17H23FN2O/c1-12-7-8-13(18)10-14(12)15-11-19-16(21-15)6-5-9-20-17(2,3)4/h7-8,10-11,20H,5-6,9H2,1-4H3. The fraction of sp³-hybridized carbons (Fsp3) is 0.471. The van der Waals surface area contributed by atoms with E-state index in [0.717, 1.165) is 30.5 Å². The average Bonchev–Trinajstić information content (AvgIpc) is 2.85. The number of oxazole rings is 1.